The van der Waals surface area contributed by atoms with Crippen LogP contribution in [-0.4, -0.2) is 28.2 Å². The van der Waals surface area contributed by atoms with Crippen LogP contribution in [0, 0.1) is 30.9 Å². The van der Waals surface area contributed by atoms with Gasteiger partial charge in [0.1, 0.15) is 5.75 Å². The summed E-state index contributed by atoms with van der Waals surface area (Å²) in [5.74, 6) is 0.334. The maximum Gasteiger partial charge on any atom is 0.277 e. The van der Waals surface area contributed by atoms with E-state index >= 15 is 0 Å². The molecule has 0 aliphatic carbocycles. The zero-order chi connectivity index (χ0) is 21.7. The van der Waals surface area contributed by atoms with Crippen LogP contribution in [0.4, 0.5) is 5.69 Å². The van der Waals surface area contributed by atoms with Crippen LogP contribution in [0.15, 0.2) is 59.8 Å². The molecule has 8 nitrogen and oxygen atoms in total. The first-order valence-electron chi connectivity index (χ1n) is 9.30. The molecule has 0 aliphatic rings. The van der Waals surface area contributed by atoms with Gasteiger partial charge in [0.25, 0.3) is 11.6 Å². The van der Waals surface area contributed by atoms with E-state index in [1.807, 2.05) is 45.0 Å². The van der Waals surface area contributed by atoms with E-state index in [4.69, 9.17) is 4.74 Å². The smallest absolute Gasteiger partial charge is 0.277 e. The van der Waals surface area contributed by atoms with Gasteiger partial charge in [-0.05, 0) is 61.7 Å². The number of carbonyl (C=O) groups is 1. The summed E-state index contributed by atoms with van der Waals surface area (Å²) in [7, 11) is 0. The minimum atomic E-state index is -0.445. The lowest BCUT2D eigenvalue weighted by molar-refractivity contribution is -0.384. The Morgan fingerprint density at radius 3 is 2.53 bits per heavy atom. The van der Waals surface area contributed by atoms with Crippen molar-refractivity contribution in [2.45, 2.75) is 20.8 Å². The number of ether oxygens (including phenoxy) is 1. The van der Waals surface area contributed by atoms with Gasteiger partial charge in [-0.2, -0.15) is 5.10 Å². The molecule has 1 N–H and O–H groups in total. The summed E-state index contributed by atoms with van der Waals surface area (Å²) in [5.41, 5.74) is 6.99. The standard InChI is InChI=1S/C22H22N4O4/c1-15-6-7-16(2)22(17(15)3)30-14-21(27)24-23-13-20-5-4-12-25(20)18-8-10-19(11-9-18)26(28)29/h4-13H,14H2,1-3H3,(H,24,27)/b23-13-. The third-order valence-corrected chi connectivity index (χ3v) is 4.73. The average molecular weight is 406 g/mol. The average Bonchev–Trinajstić information content (AvgIpc) is 3.19. The van der Waals surface area contributed by atoms with Crippen molar-refractivity contribution in [1.29, 1.82) is 0 Å². The molecule has 0 bridgehead atoms. The molecule has 8 heteroatoms. The van der Waals surface area contributed by atoms with Gasteiger partial charge in [0.15, 0.2) is 6.61 Å². The first-order valence-corrected chi connectivity index (χ1v) is 9.30. The summed E-state index contributed by atoms with van der Waals surface area (Å²) in [4.78, 5) is 22.4. The maximum atomic E-state index is 12.1. The van der Waals surface area contributed by atoms with E-state index in [1.165, 1.54) is 18.3 Å². The van der Waals surface area contributed by atoms with E-state index < -0.39 is 4.92 Å². The molecule has 1 aromatic heterocycles. The van der Waals surface area contributed by atoms with E-state index in [1.54, 1.807) is 22.9 Å². The lowest BCUT2D eigenvalue weighted by Crippen LogP contribution is -2.25. The van der Waals surface area contributed by atoms with Crippen molar-refractivity contribution in [2.75, 3.05) is 6.61 Å². The minimum absolute atomic E-state index is 0.0208. The first kappa shape index (κ1) is 20.8. The Labute approximate surface area is 173 Å². The molecule has 3 rings (SSSR count). The number of nitro groups is 1. The SMILES string of the molecule is Cc1ccc(C)c(OCC(=O)N/N=C\c2cccn2-c2ccc([N+](=O)[O-])cc2)c1C. The van der Waals surface area contributed by atoms with Crippen molar-refractivity contribution in [3.8, 4) is 11.4 Å². The Morgan fingerprint density at radius 1 is 1.13 bits per heavy atom. The van der Waals surface area contributed by atoms with E-state index in [0.29, 0.717) is 11.4 Å². The number of amides is 1. The highest BCUT2D eigenvalue weighted by molar-refractivity contribution is 5.82. The topological polar surface area (TPSA) is 98.8 Å². The number of rotatable bonds is 7. The Balaban J connectivity index is 1.61. The molecular formula is C22H22N4O4. The summed E-state index contributed by atoms with van der Waals surface area (Å²) in [5, 5.41) is 14.8. The lowest BCUT2D eigenvalue weighted by atomic mass is 10.1. The Kier molecular flexibility index (Phi) is 6.26. The third kappa shape index (κ3) is 4.72. The molecule has 0 aliphatic heterocycles. The third-order valence-electron chi connectivity index (χ3n) is 4.73. The van der Waals surface area contributed by atoms with Crippen molar-refractivity contribution < 1.29 is 14.5 Å². The van der Waals surface area contributed by atoms with Crippen LogP contribution in [0.25, 0.3) is 5.69 Å². The summed E-state index contributed by atoms with van der Waals surface area (Å²) >= 11 is 0. The number of nitrogens with zero attached hydrogens (tertiary/aromatic N) is 3. The zero-order valence-electron chi connectivity index (χ0n) is 17.0. The second-order valence-corrected chi connectivity index (χ2v) is 6.81. The minimum Gasteiger partial charge on any atom is -0.483 e. The largest absolute Gasteiger partial charge is 0.483 e. The number of benzene rings is 2. The van der Waals surface area contributed by atoms with Crippen LogP contribution in [0.3, 0.4) is 0 Å². The van der Waals surface area contributed by atoms with E-state index in [9.17, 15) is 14.9 Å². The molecule has 0 saturated carbocycles. The van der Waals surface area contributed by atoms with Crippen LogP contribution in [0.5, 0.6) is 5.75 Å². The van der Waals surface area contributed by atoms with Crippen molar-refractivity contribution in [2.24, 2.45) is 5.10 Å². The zero-order valence-corrected chi connectivity index (χ0v) is 17.0. The second-order valence-electron chi connectivity index (χ2n) is 6.81. The van der Waals surface area contributed by atoms with Gasteiger partial charge in [-0.15, -0.1) is 0 Å². The maximum absolute atomic E-state index is 12.1. The molecule has 0 atom stereocenters. The Hall–Kier alpha value is -3.94. The van der Waals surface area contributed by atoms with Crippen LogP contribution < -0.4 is 10.2 Å². The molecule has 1 amide bonds. The summed E-state index contributed by atoms with van der Waals surface area (Å²) < 4.78 is 7.48. The molecule has 0 saturated heterocycles. The highest BCUT2D eigenvalue weighted by atomic mass is 16.6. The fraction of sp³-hybridized carbons (Fsp3) is 0.182. The van der Waals surface area contributed by atoms with Gasteiger partial charge in [0.2, 0.25) is 0 Å². The van der Waals surface area contributed by atoms with Gasteiger partial charge in [-0.25, -0.2) is 5.43 Å². The molecule has 1 heterocycles. The van der Waals surface area contributed by atoms with Crippen molar-refractivity contribution in [3.63, 3.8) is 0 Å². The van der Waals surface area contributed by atoms with Crippen LogP contribution >= 0.6 is 0 Å². The molecule has 30 heavy (non-hydrogen) atoms. The number of hydrogen-bond donors (Lipinski definition) is 1. The number of aryl methyl sites for hydroxylation is 2. The predicted molar refractivity (Wildman–Crippen MR) is 114 cm³/mol. The van der Waals surface area contributed by atoms with Gasteiger partial charge in [0.05, 0.1) is 16.8 Å². The van der Waals surface area contributed by atoms with Crippen molar-refractivity contribution in [3.05, 3.63) is 87.2 Å². The molecule has 0 fully saturated rings. The van der Waals surface area contributed by atoms with Gasteiger partial charge in [0, 0.05) is 24.0 Å². The monoisotopic (exact) mass is 406 g/mol. The van der Waals surface area contributed by atoms with Crippen LogP contribution in [0.2, 0.25) is 0 Å². The molecule has 154 valence electrons. The van der Waals surface area contributed by atoms with Gasteiger partial charge in [-0.3, -0.25) is 14.9 Å². The second kappa shape index (κ2) is 9.04. The molecule has 0 spiro atoms. The number of hydrazone groups is 1. The Bertz CT molecular complexity index is 1100. The number of aromatic nitrogens is 1. The predicted octanol–water partition coefficient (Wildman–Crippen LogP) is 3.84. The van der Waals surface area contributed by atoms with Gasteiger partial charge >= 0.3 is 0 Å². The summed E-state index contributed by atoms with van der Waals surface area (Å²) in [6.45, 7) is 5.74. The van der Waals surface area contributed by atoms with Gasteiger partial charge in [-0.1, -0.05) is 12.1 Å². The van der Waals surface area contributed by atoms with Crippen molar-refractivity contribution >= 4 is 17.8 Å². The highest BCUT2D eigenvalue weighted by Crippen LogP contribution is 2.25. The Morgan fingerprint density at radius 2 is 1.83 bits per heavy atom. The number of nitrogens with one attached hydrogen (secondary N) is 1. The van der Waals surface area contributed by atoms with E-state index in [2.05, 4.69) is 10.5 Å². The van der Waals surface area contributed by atoms with E-state index in [0.717, 1.165) is 22.4 Å². The number of hydrogen-bond acceptors (Lipinski definition) is 5. The molecule has 0 unspecified atom stereocenters. The molecule has 2 aromatic carbocycles. The number of carbonyl (C=O) groups excluding carboxylic acids is 1. The van der Waals surface area contributed by atoms with Crippen molar-refractivity contribution in [1.82, 2.24) is 9.99 Å². The lowest BCUT2D eigenvalue weighted by Gasteiger charge is -2.13. The van der Waals surface area contributed by atoms with E-state index in [-0.39, 0.29) is 18.2 Å². The number of non-ortho nitro benzene ring substituents is 1. The molecular weight excluding hydrogens is 384 g/mol. The van der Waals surface area contributed by atoms with Gasteiger partial charge < -0.3 is 9.30 Å². The fourth-order valence-electron chi connectivity index (χ4n) is 2.96. The summed E-state index contributed by atoms with van der Waals surface area (Å²) in [6.07, 6.45) is 3.30. The molecule has 0 radical (unpaired) electrons. The first-order chi connectivity index (χ1) is 14.4. The quantitative estimate of drug-likeness (QED) is 0.366. The fourth-order valence-corrected chi connectivity index (χ4v) is 2.96. The normalized spacial score (nSPS) is 10.9. The highest BCUT2D eigenvalue weighted by Gasteiger charge is 2.09. The number of nitro benzene ring substituents is 1. The van der Waals surface area contributed by atoms with Crippen LogP contribution in [-0.2, 0) is 4.79 Å². The van der Waals surface area contributed by atoms with Crippen LogP contribution in [0.1, 0.15) is 22.4 Å². The summed E-state index contributed by atoms with van der Waals surface area (Å²) in [6, 6.07) is 13.8. The molecule has 3 aromatic rings.